The van der Waals surface area contributed by atoms with Gasteiger partial charge in [0, 0.05) is 36.8 Å². The second-order valence-electron chi connectivity index (χ2n) is 6.77. The van der Waals surface area contributed by atoms with Gasteiger partial charge in [-0.25, -0.2) is 13.4 Å². The molecule has 0 saturated carbocycles. The lowest BCUT2D eigenvalue weighted by Gasteiger charge is -2.47. The van der Waals surface area contributed by atoms with E-state index in [1.807, 2.05) is 4.90 Å². The molecule has 2 unspecified atom stereocenters. The fourth-order valence-electron chi connectivity index (χ4n) is 3.64. The van der Waals surface area contributed by atoms with E-state index in [1.54, 1.807) is 11.6 Å². The van der Waals surface area contributed by atoms with Crippen molar-refractivity contribution in [3.05, 3.63) is 23.7 Å². The Bertz CT molecular complexity index is 1140. The molecule has 1 aromatic carbocycles. The summed E-state index contributed by atoms with van der Waals surface area (Å²) in [4.78, 5) is 9.24. The van der Waals surface area contributed by atoms with Gasteiger partial charge in [0.05, 0.1) is 5.56 Å². The molecule has 6 rings (SSSR count). The van der Waals surface area contributed by atoms with Gasteiger partial charge in [0.1, 0.15) is 15.4 Å². The first-order valence-electron chi connectivity index (χ1n) is 8.40. The van der Waals surface area contributed by atoms with Gasteiger partial charge in [-0.05, 0) is 18.6 Å². The highest BCUT2D eigenvalue weighted by Gasteiger charge is 2.48. The molecule has 148 valence electrons. The Morgan fingerprint density at radius 3 is 2.57 bits per heavy atom. The van der Waals surface area contributed by atoms with Gasteiger partial charge in [-0.2, -0.15) is 18.2 Å². The van der Waals surface area contributed by atoms with Gasteiger partial charge in [-0.3, -0.25) is 0 Å². The highest BCUT2D eigenvalue weighted by molar-refractivity contribution is 7.92. The van der Waals surface area contributed by atoms with E-state index in [9.17, 15) is 21.6 Å². The Morgan fingerprint density at radius 2 is 1.96 bits per heavy atom. The SMILES string of the molecule is O=S(=O)(c1ccc(-c2nccs2)c2oc(N3CC4CC(C3)N4)nc12)C(F)(F)F. The van der Waals surface area contributed by atoms with Crippen molar-refractivity contribution in [2.45, 2.75) is 28.9 Å². The number of piperidine rings is 1. The molecule has 0 radical (unpaired) electrons. The van der Waals surface area contributed by atoms with E-state index < -0.39 is 20.2 Å². The van der Waals surface area contributed by atoms with Crippen molar-refractivity contribution in [2.75, 3.05) is 18.0 Å². The number of alkyl halides is 3. The number of sulfone groups is 1. The van der Waals surface area contributed by atoms with E-state index in [2.05, 4.69) is 15.3 Å². The molecule has 0 aliphatic carbocycles. The Morgan fingerprint density at radius 1 is 1.25 bits per heavy atom. The highest BCUT2D eigenvalue weighted by atomic mass is 32.2. The number of thiazole rings is 1. The quantitative estimate of drug-likeness (QED) is 0.684. The maximum Gasteiger partial charge on any atom is 0.501 e. The Labute approximate surface area is 161 Å². The molecule has 0 spiro atoms. The number of piperazine rings is 1. The van der Waals surface area contributed by atoms with Crippen LogP contribution in [0.3, 0.4) is 0 Å². The van der Waals surface area contributed by atoms with E-state index in [1.165, 1.54) is 17.4 Å². The van der Waals surface area contributed by atoms with Crippen molar-refractivity contribution in [1.82, 2.24) is 15.3 Å². The zero-order valence-electron chi connectivity index (χ0n) is 14.1. The number of nitrogens with one attached hydrogen (secondary N) is 1. The van der Waals surface area contributed by atoms with E-state index >= 15 is 0 Å². The van der Waals surface area contributed by atoms with Crippen LogP contribution in [-0.2, 0) is 9.84 Å². The first kappa shape index (κ1) is 17.9. The molecule has 5 heterocycles. The summed E-state index contributed by atoms with van der Waals surface area (Å²) < 4.78 is 69.4. The summed E-state index contributed by atoms with van der Waals surface area (Å²) in [7, 11) is -5.58. The van der Waals surface area contributed by atoms with Gasteiger partial charge >= 0.3 is 5.51 Å². The Kier molecular flexibility index (Phi) is 3.77. The van der Waals surface area contributed by atoms with Crippen LogP contribution in [0.5, 0.6) is 0 Å². The lowest BCUT2D eigenvalue weighted by molar-refractivity contribution is -0.0435. The van der Waals surface area contributed by atoms with E-state index in [-0.39, 0.29) is 29.2 Å². The second kappa shape index (κ2) is 5.91. The van der Waals surface area contributed by atoms with Crippen LogP contribution >= 0.6 is 11.3 Å². The van der Waals surface area contributed by atoms with Crippen molar-refractivity contribution in [3.63, 3.8) is 0 Å². The minimum Gasteiger partial charge on any atom is -0.423 e. The van der Waals surface area contributed by atoms with Gasteiger partial charge < -0.3 is 14.6 Å². The summed E-state index contributed by atoms with van der Waals surface area (Å²) in [5, 5.41) is 5.56. The fourth-order valence-corrected chi connectivity index (χ4v) is 5.19. The summed E-state index contributed by atoms with van der Waals surface area (Å²) in [6.07, 6.45) is 2.57. The zero-order valence-corrected chi connectivity index (χ0v) is 15.7. The number of anilines is 1. The molecular formula is C16H13F3N4O3S2. The third kappa shape index (κ3) is 2.62. The van der Waals surface area contributed by atoms with Crippen LogP contribution in [0, 0.1) is 0 Å². The van der Waals surface area contributed by atoms with E-state index in [4.69, 9.17) is 4.42 Å². The average molecular weight is 430 g/mol. The van der Waals surface area contributed by atoms with Gasteiger partial charge in [0.15, 0.2) is 5.58 Å². The molecule has 7 nitrogen and oxygen atoms in total. The summed E-state index contributed by atoms with van der Waals surface area (Å²) >= 11 is 1.27. The number of hydrogen-bond acceptors (Lipinski definition) is 8. The van der Waals surface area contributed by atoms with E-state index in [0.29, 0.717) is 23.7 Å². The topological polar surface area (TPSA) is 88.3 Å². The molecule has 28 heavy (non-hydrogen) atoms. The Hall–Kier alpha value is -2.18. The second-order valence-corrected chi connectivity index (χ2v) is 9.58. The van der Waals surface area contributed by atoms with Crippen molar-refractivity contribution in [3.8, 4) is 10.6 Å². The number of rotatable bonds is 3. The molecule has 2 atom stereocenters. The number of benzene rings is 1. The number of halogens is 3. The first-order chi connectivity index (χ1) is 13.2. The first-order valence-corrected chi connectivity index (χ1v) is 10.8. The number of hydrogen-bond donors (Lipinski definition) is 1. The monoisotopic (exact) mass is 430 g/mol. The van der Waals surface area contributed by atoms with Crippen LogP contribution in [0.25, 0.3) is 21.7 Å². The van der Waals surface area contributed by atoms with E-state index in [0.717, 1.165) is 12.5 Å². The number of aromatic nitrogens is 2. The predicted molar refractivity (Wildman–Crippen MR) is 95.9 cm³/mol. The standard InChI is InChI=1S/C16H13F3N4O3S2/c17-16(18,19)28(24,25)11-2-1-10(14-20-3-4-27-14)13-12(11)22-15(26-13)23-6-8-5-9(7-23)21-8/h1-4,8-9,21H,5-7H2. The maximum absolute atomic E-state index is 13.2. The third-order valence-corrected chi connectivity index (χ3v) is 7.27. The van der Waals surface area contributed by atoms with Crippen molar-refractivity contribution in [1.29, 1.82) is 0 Å². The fraction of sp³-hybridized carbons (Fsp3) is 0.375. The van der Waals surface area contributed by atoms with Crippen molar-refractivity contribution < 1.29 is 26.0 Å². The summed E-state index contributed by atoms with van der Waals surface area (Å²) in [5.74, 6) is 0. The molecule has 3 aliphatic heterocycles. The largest absolute Gasteiger partial charge is 0.501 e. The van der Waals surface area contributed by atoms with Crippen molar-refractivity contribution in [2.24, 2.45) is 0 Å². The van der Waals surface area contributed by atoms with Crippen LogP contribution in [0.1, 0.15) is 6.42 Å². The molecule has 3 saturated heterocycles. The third-order valence-electron chi connectivity index (χ3n) is 4.94. The minimum atomic E-state index is -5.58. The van der Waals surface area contributed by atoms with Crippen LogP contribution in [0.2, 0.25) is 0 Å². The van der Waals surface area contributed by atoms with Crippen LogP contribution in [0.15, 0.2) is 33.0 Å². The summed E-state index contributed by atoms with van der Waals surface area (Å²) in [6, 6.07) is 2.86. The molecule has 3 fully saturated rings. The van der Waals surface area contributed by atoms with Crippen LogP contribution in [-0.4, -0.2) is 49.1 Å². The van der Waals surface area contributed by atoms with Crippen molar-refractivity contribution >= 4 is 38.3 Å². The summed E-state index contributed by atoms with van der Waals surface area (Å²) in [6.45, 7) is 1.19. The lowest BCUT2D eigenvalue weighted by Crippen LogP contribution is -2.67. The molecule has 1 N–H and O–H groups in total. The number of oxazole rings is 1. The summed E-state index contributed by atoms with van der Waals surface area (Å²) in [5.41, 5.74) is -5.36. The maximum atomic E-state index is 13.2. The molecule has 3 aliphatic rings. The molecule has 3 aromatic rings. The molecular weight excluding hydrogens is 417 g/mol. The molecule has 12 heteroatoms. The van der Waals surface area contributed by atoms with Gasteiger partial charge in [0.25, 0.3) is 15.9 Å². The highest BCUT2D eigenvalue weighted by Crippen LogP contribution is 2.40. The smallest absolute Gasteiger partial charge is 0.423 e. The molecule has 2 aromatic heterocycles. The number of nitrogens with zero attached hydrogens (tertiary/aromatic N) is 3. The zero-order chi connectivity index (χ0) is 19.7. The lowest BCUT2D eigenvalue weighted by atomic mass is 9.92. The molecule has 0 amide bonds. The van der Waals surface area contributed by atoms with Crippen LogP contribution in [0.4, 0.5) is 19.2 Å². The van der Waals surface area contributed by atoms with Crippen LogP contribution < -0.4 is 10.2 Å². The van der Waals surface area contributed by atoms with Gasteiger partial charge in [-0.15, -0.1) is 11.3 Å². The Balaban J connectivity index is 1.71. The van der Waals surface area contributed by atoms with Gasteiger partial charge in [-0.1, -0.05) is 0 Å². The molecule has 2 bridgehead atoms. The normalized spacial score (nSPS) is 22.5. The minimum absolute atomic E-state index is 0.0116. The van der Waals surface area contributed by atoms with Gasteiger partial charge in [0.2, 0.25) is 0 Å². The average Bonchev–Trinajstić information content (AvgIpc) is 3.29. The predicted octanol–water partition coefficient (Wildman–Crippen LogP) is 2.80. The number of fused-ring (bicyclic) bond motifs is 3.